The minimum absolute atomic E-state index is 0.0733. The Morgan fingerprint density at radius 3 is 2.79 bits per heavy atom. The lowest BCUT2D eigenvalue weighted by Gasteiger charge is -2.08. The van der Waals surface area contributed by atoms with Crippen molar-refractivity contribution in [3.8, 4) is 5.75 Å². The van der Waals surface area contributed by atoms with Crippen molar-refractivity contribution >= 4 is 17.4 Å². The molecule has 19 heavy (non-hydrogen) atoms. The van der Waals surface area contributed by atoms with E-state index in [2.05, 4.69) is 4.98 Å². The molecule has 0 atom stereocenters. The van der Waals surface area contributed by atoms with E-state index in [0.717, 1.165) is 6.07 Å². The Hall–Kier alpha value is -1.88. The van der Waals surface area contributed by atoms with Crippen LogP contribution in [0.3, 0.4) is 0 Å². The van der Waals surface area contributed by atoms with Crippen molar-refractivity contribution < 1.29 is 13.9 Å². The Balaban J connectivity index is 2.12. The van der Waals surface area contributed by atoms with E-state index in [-0.39, 0.29) is 18.1 Å². The second-order valence-electron chi connectivity index (χ2n) is 4.05. The van der Waals surface area contributed by atoms with Gasteiger partial charge in [0.2, 0.25) is 0 Å². The van der Waals surface area contributed by atoms with Gasteiger partial charge >= 0.3 is 0 Å². The Kier molecular flexibility index (Phi) is 3.85. The molecule has 0 saturated carbocycles. The van der Waals surface area contributed by atoms with Crippen LogP contribution in [0, 0.1) is 5.82 Å². The summed E-state index contributed by atoms with van der Waals surface area (Å²) in [7, 11) is 1.74. The topological polar surface area (TPSA) is 44.1 Å². The number of ketones is 1. The lowest BCUT2D eigenvalue weighted by Crippen LogP contribution is -2.05. The molecule has 4 nitrogen and oxygen atoms in total. The standard InChI is InChI=1S/C13H12ClFN2O2/c1-8(18)9-3-4-11(10(15)5-9)19-7-13-16-6-12(14)17(13)2/h3-6H,7H2,1-2H3. The first-order valence-corrected chi connectivity index (χ1v) is 5.96. The summed E-state index contributed by atoms with van der Waals surface area (Å²) in [4.78, 5) is 15.1. The van der Waals surface area contributed by atoms with E-state index in [0.29, 0.717) is 16.5 Å². The molecule has 0 spiro atoms. The van der Waals surface area contributed by atoms with Crippen molar-refractivity contribution in [3.63, 3.8) is 0 Å². The zero-order valence-corrected chi connectivity index (χ0v) is 11.2. The molecule has 0 unspecified atom stereocenters. The maximum absolute atomic E-state index is 13.7. The molecule has 0 radical (unpaired) electrons. The van der Waals surface area contributed by atoms with Crippen LogP contribution < -0.4 is 4.74 Å². The van der Waals surface area contributed by atoms with E-state index in [1.54, 1.807) is 11.6 Å². The molecular formula is C13H12ClFN2O2. The van der Waals surface area contributed by atoms with Crippen molar-refractivity contribution in [1.29, 1.82) is 0 Å². The highest BCUT2D eigenvalue weighted by Gasteiger charge is 2.10. The van der Waals surface area contributed by atoms with Crippen LogP contribution in [0.4, 0.5) is 4.39 Å². The molecule has 1 aromatic carbocycles. The van der Waals surface area contributed by atoms with E-state index in [4.69, 9.17) is 16.3 Å². The average Bonchev–Trinajstić information content (AvgIpc) is 2.68. The molecule has 0 aliphatic heterocycles. The van der Waals surface area contributed by atoms with Gasteiger partial charge in [-0.25, -0.2) is 9.37 Å². The fraction of sp³-hybridized carbons (Fsp3) is 0.231. The highest BCUT2D eigenvalue weighted by molar-refractivity contribution is 6.29. The smallest absolute Gasteiger partial charge is 0.165 e. The van der Waals surface area contributed by atoms with Crippen molar-refractivity contribution in [2.45, 2.75) is 13.5 Å². The van der Waals surface area contributed by atoms with Crippen LogP contribution in [0.15, 0.2) is 24.4 Å². The van der Waals surface area contributed by atoms with Crippen LogP contribution in [0.25, 0.3) is 0 Å². The van der Waals surface area contributed by atoms with E-state index < -0.39 is 5.82 Å². The van der Waals surface area contributed by atoms with Crippen LogP contribution in [0.2, 0.25) is 5.15 Å². The summed E-state index contributed by atoms with van der Waals surface area (Å²) in [5.41, 5.74) is 0.310. The summed E-state index contributed by atoms with van der Waals surface area (Å²) in [6, 6.07) is 4.10. The molecule has 0 bridgehead atoms. The van der Waals surface area contributed by atoms with E-state index in [9.17, 15) is 9.18 Å². The molecule has 2 rings (SSSR count). The third kappa shape index (κ3) is 2.93. The Morgan fingerprint density at radius 1 is 1.53 bits per heavy atom. The van der Waals surface area contributed by atoms with Gasteiger partial charge in [0.05, 0.1) is 6.20 Å². The minimum Gasteiger partial charge on any atom is -0.483 e. The first-order valence-electron chi connectivity index (χ1n) is 5.58. The van der Waals surface area contributed by atoms with Gasteiger partial charge in [0.1, 0.15) is 17.6 Å². The van der Waals surface area contributed by atoms with Gasteiger partial charge in [-0.3, -0.25) is 4.79 Å². The fourth-order valence-corrected chi connectivity index (χ4v) is 1.68. The van der Waals surface area contributed by atoms with Crippen LogP contribution in [-0.2, 0) is 13.7 Å². The number of carbonyl (C=O) groups excluding carboxylic acids is 1. The van der Waals surface area contributed by atoms with Gasteiger partial charge in [-0.05, 0) is 25.1 Å². The van der Waals surface area contributed by atoms with Gasteiger partial charge in [0.25, 0.3) is 0 Å². The summed E-state index contributed by atoms with van der Waals surface area (Å²) in [6.07, 6.45) is 1.50. The molecule has 0 saturated heterocycles. The lowest BCUT2D eigenvalue weighted by molar-refractivity contribution is 0.101. The van der Waals surface area contributed by atoms with Crippen molar-refractivity contribution in [1.82, 2.24) is 9.55 Å². The van der Waals surface area contributed by atoms with Crippen molar-refractivity contribution in [3.05, 3.63) is 46.8 Å². The summed E-state index contributed by atoms with van der Waals surface area (Å²) in [6.45, 7) is 1.48. The number of carbonyl (C=O) groups is 1. The molecule has 0 aliphatic rings. The maximum Gasteiger partial charge on any atom is 0.165 e. The highest BCUT2D eigenvalue weighted by Crippen LogP contribution is 2.20. The summed E-state index contributed by atoms with van der Waals surface area (Å²) < 4.78 is 20.7. The first kappa shape index (κ1) is 13.5. The Bertz CT molecular complexity index is 625. The third-order valence-electron chi connectivity index (χ3n) is 2.72. The second kappa shape index (κ2) is 5.40. The zero-order valence-electron chi connectivity index (χ0n) is 10.5. The zero-order chi connectivity index (χ0) is 14.0. The maximum atomic E-state index is 13.7. The second-order valence-corrected chi connectivity index (χ2v) is 4.43. The summed E-state index contributed by atoms with van der Waals surface area (Å²) in [5.74, 6) is -0.112. The molecule has 0 aliphatic carbocycles. The average molecular weight is 283 g/mol. The van der Waals surface area contributed by atoms with Crippen LogP contribution in [-0.4, -0.2) is 15.3 Å². The van der Waals surface area contributed by atoms with Crippen LogP contribution >= 0.6 is 11.6 Å². The van der Waals surface area contributed by atoms with Gasteiger partial charge < -0.3 is 9.30 Å². The highest BCUT2D eigenvalue weighted by atomic mass is 35.5. The van der Waals surface area contributed by atoms with E-state index in [1.165, 1.54) is 25.3 Å². The molecule has 1 aromatic heterocycles. The number of hydrogen-bond donors (Lipinski definition) is 0. The fourth-order valence-electron chi connectivity index (χ4n) is 1.54. The lowest BCUT2D eigenvalue weighted by atomic mass is 10.1. The molecule has 0 fully saturated rings. The molecule has 0 amide bonds. The van der Waals surface area contributed by atoms with Crippen molar-refractivity contribution in [2.75, 3.05) is 0 Å². The number of imidazole rings is 1. The first-order chi connectivity index (χ1) is 8.99. The number of hydrogen-bond acceptors (Lipinski definition) is 3. The number of rotatable bonds is 4. The molecule has 6 heteroatoms. The SMILES string of the molecule is CC(=O)c1ccc(OCc2ncc(Cl)n2C)c(F)c1. The molecule has 1 heterocycles. The number of benzene rings is 1. The number of halogens is 2. The Labute approximate surface area is 114 Å². The quantitative estimate of drug-likeness (QED) is 0.810. The van der Waals surface area contributed by atoms with Gasteiger partial charge in [-0.1, -0.05) is 11.6 Å². The summed E-state index contributed by atoms with van der Waals surface area (Å²) in [5, 5.41) is 0.478. The number of aromatic nitrogens is 2. The van der Waals surface area contributed by atoms with Crippen LogP contribution in [0.1, 0.15) is 23.1 Å². The molecular weight excluding hydrogens is 271 g/mol. The molecule has 0 N–H and O–H groups in total. The number of nitrogens with zero attached hydrogens (tertiary/aromatic N) is 2. The molecule has 2 aromatic rings. The summed E-state index contributed by atoms with van der Waals surface area (Å²) >= 11 is 5.83. The van der Waals surface area contributed by atoms with Gasteiger partial charge in [0.15, 0.2) is 17.3 Å². The third-order valence-corrected chi connectivity index (χ3v) is 3.07. The van der Waals surface area contributed by atoms with E-state index in [1.807, 2.05) is 0 Å². The number of Topliss-reactive ketones (excluding diaryl/α,β-unsaturated/α-hetero) is 1. The predicted octanol–water partition coefficient (Wildman–Crippen LogP) is 2.99. The van der Waals surface area contributed by atoms with Gasteiger partial charge in [-0.15, -0.1) is 0 Å². The van der Waals surface area contributed by atoms with Crippen LogP contribution in [0.5, 0.6) is 5.75 Å². The Morgan fingerprint density at radius 2 is 2.26 bits per heavy atom. The largest absolute Gasteiger partial charge is 0.483 e. The van der Waals surface area contributed by atoms with Gasteiger partial charge in [-0.2, -0.15) is 0 Å². The normalized spacial score (nSPS) is 10.5. The predicted molar refractivity (Wildman–Crippen MR) is 69.0 cm³/mol. The van der Waals surface area contributed by atoms with Gasteiger partial charge in [0, 0.05) is 12.6 Å². The van der Waals surface area contributed by atoms with E-state index >= 15 is 0 Å². The number of ether oxygens (including phenoxy) is 1. The van der Waals surface area contributed by atoms with Crippen molar-refractivity contribution in [2.24, 2.45) is 7.05 Å². The minimum atomic E-state index is -0.576. The molecule has 100 valence electrons. The monoisotopic (exact) mass is 282 g/mol.